The van der Waals surface area contributed by atoms with Crippen LogP contribution >= 0.6 is 0 Å². The van der Waals surface area contributed by atoms with Crippen molar-refractivity contribution in [1.82, 2.24) is 10.5 Å². The number of nitrogens with one attached hydrogen (secondary N) is 1. The first-order valence-electron chi connectivity index (χ1n) is 7.52. The lowest BCUT2D eigenvalue weighted by Crippen LogP contribution is -2.17. The second kappa shape index (κ2) is 6.66. The minimum Gasteiger partial charge on any atom is -0.461 e. The highest BCUT2D eigenvalue weighted by atomic mass is 16.5. The molecule has 0 amide bonds. The Morgan fingerprint density at radius 3 is 2.96 bits per heavy atom. The van der Waals surface area contributed by atoms with Crippen LogP contribution in [0, 0.1) is 0 Å². The van der Waals surface area contributed by atoms with E-state index in [0.29, 0.717) is 18.9 Å². The molecule has 6 heteroatoms. The smallest absolute Gasteiger partial charge is 0.360 e. The largest absolute Gasteiger partial charge is 0.461 e. The van der Waals surface area contributed by atoms with Crippen LogP contribution < -0.4 is 5.32 Å². The van der Waals surface area contributed by atoms with Crippen molar-refractivity contribution in [3.8, 4) is 0 Å². The summed E-state index contributed by atoms with van der Waals surface area (Å²) in [6.45, 7) is 4.49. The van der Waals surface area contributed by atoms with Crippen LogP contribution in [0.3, 0.4) is 0 Å². The molecule has 1 aromatic carbocycles. The lowest BCUT2D eigenvalue weighted by molar-refractivity contribution is 0.0514. The third-order valence-corrected chi connectivity index (χ3v) is 3.50. The molecule has 0 radical (unpaired) electrons. The van der Waals surface area contributed by atoms with Crippen molar-refractivity contribution in [2.45, 2.75) is 26.4 Å². The van der Waals surface area contributed by atoms with E-state index in [1.807, 2.05) is 37.3 Å². The summed E-state index contributed by atoms with van der Waals surface area (Å²) >= 11 is 0. The van der Waals surface area contributed by atoms with E-state index < -0.39 is 5.97 Å². The number of nitrogens with zero attached hydrogens (tertiary/aromatic N) is 1. The van der Waals surface area contributed by atoms with Crippen LogP contribution in [0.2, 0.25) is 0 Å². The van der Waals surface area contributed by atoms with Gasteiger partial charge in [-0.1, -0.05) is 23.4 Å². The molecule has 0 unspecified atom stereocenters. The molecular weight excluding hydrogens is 296 g/mol. The number of hydrogen-bond acceptors (Lipinski definition) is 6. The second-order valence-electron chi connectivity index (χ2n) is 5.19. The van der Waals surface area contributed by atoms with E-state index >= 15 is 0 Å². The number of rotatable bonds is 6. The van der Waals surface area contributed by atoms with Crippen molar-refractivity contribution in [3.63, 3.8) is 0 Å². The highest BCUT2D eigenvalue weighted by Gasteiger charge is 2.15. The first kappa shape index (κ1) is 15.3. The molecular formula is C17H18N2O4. The maximum absolute atomic E-state index is 11.5. The Morgan fingerprint density at radius 1 is 1.35 bits per heavy atom. The number of carbonyl (C=O) groups is 1. The molecule has 23 heavy (non-hydrogen) atoms. The maximum Gasteiger partial charge on any atom is 0.360 e. The van der Waals surface area contributed by atoms with Crippen LogP contribution in [-0.2, 0) is 11.3 Å². The quantitative estimate of drug-likeness (QED) is 0.702. The molecule has 0 saturated heterocycles. The zero-order valence-electron chi connectivity index (χ0n) is 13.0. The van der Waals surface area contributed by atoms with Crippen molar-refractivity contribution < 1.29 is 18.5 Å². The Morgan fingerprint density at radius 2 is 2.17 bits per heavy atom. The van der Waals surface area contributed by atoms with E-state index in [9.17, 15) is 4.79 Å². The molecule has 1 N–H and O–H groups in total. The molecule has 3 aromatic rings. The number of benzene rings is 1. The third-order valence-electron chi connectivity index (χ3n) is 3.50. The van der Waals surface area contributed by atoms with E-state index in [4.69, 9.17) is 13.7 Å². The monoisotopic (exact) mass is 314 g/mol. The van der Waals surface area contributed by atoms with Crippen molar-refractivity contribution in [2.75, 3.05) is 6.61 Å². The van der Waals surface area contributed by atoms with E-state index in [2.05, 4.69) is 10.5 Å². The van der Waals surface area contributed by atoms with Gasteiger partial charge in [0.05, 0.1) is 19.2 Å². The van der Waals surface area contributed by atoms with Crippen LogP contribution in [0.4, 0.5) is 0 Å². The molecule has 0 aliphatic heterocycles. The maximum atomic E-state index is 11.5. The van der Waals surface area contributed by atoms with Gasteiger partial charge in [-0.05, 0) is 26.0 Å². The topological polar surface area (TPSA) is 77.5 Å². The van der Waals surface area contributed by atoms with Crippen LogP contribution in [0.25, 0.3) is 11.0 Å². The second-order valence-corrected chi connectivity index (χ2v) is 5.19. The minimum absolute atomic E-state index is 0.00135. The number of para-hydroxylation sites is 1. The number of furan rings is 1. The zero-order valence-corrected chi connectivity index (χ0v) is 13.0. The Bertz CT molecular complexity index is 773. The Labute approximate surface area is 133 Å². The van der Waals surface area contributed by atoms with Gasteiger partial charge in [0.2, 0.25) is 0 Å². The molecule has 2 heterocycles. The summed E-state index contributed by atoms with van der Waals surface area (Å²) in [5.41, 5.74) is 1.04. The average molecular weight is 314 g/mol. The van der Waals surface area contributed by atoms with Crippen molar-refractivity contribution >= 4 is 16.9 Å². The molecule has 6 nitrogen and oxygen atoms in total. The van der Waals surface area contributed by atoms with E-state index in [1.54, 1.807) is 13.0 Å². The van der Waals surface area contributed by atoms with Gasteiger partial charge >= 0.3 is 5.97 Å². The molecule has 1 atom stereocenters. The van der Waals surface area contributed by atoms with Gasteiger partial charge in [-0.2, -0.15) is 0 Å². The SMILES string of the molecule is CCOC(=O)c1cc(CN[C@@H](C)c2cc3ccccc3o2)on1. The fraction of sp³-hybridized carbons (Fsp3) is 0.294. The molecule has 0 fully saturated rings. The molecule has 0 bridgehead atoms. The highest BCUT2D eigenvalue weighted by molar-refractivity contribution is 5.87. The lowest BCUT2D eigenvalue weighted by atomic mass is 10.2. The number of esters is 1. The number of aromatic nitrogens is 1. The van der Waals surface area contributed by atoms with E-state index in [-0.39, 0.29) is 11.7 Å². The third kappa shape index (κ3) is 3.43. The van der Waals surface area contributed by atoms with Crippen LogP contribution in [-0.4, -0.2) is 17.7 Å². The van der Waals surface area contributed by atoms with Gasteiger partial charge in [0.25, 0.3) is 0 Å². The summed E-state index contributed by atoms with van der Waals surface area (Å²) in [4.78, 5) is 11.5. The standard InChI is InChI=1S/C17H18N2O4/c1-3-21-17(20)14-9-13(23-19-14)10-18-11(2)16-8-12-6-4-5-7-15(12)22-16/h4-9,11,18H,3,10H2,1-2H3/t11-/m0/s1. The zero-order chi connectivity index (χ0) is 16.2. The van der Waals surface area contributed by atoms with Crippen LogP contribution in [0.5, 0.6) is 0 Å². The van der Waals surface area contributed by atoms with Crippen molar-refractivity contribution in [1.29, 1.82) is 0 Å². The molecule has 2 aromatic heterocycles. The Kier molecular flexibility index (Phi) is 4.43. The fourth-order valence-corrected chi connectivity index (χ4v) is 2.27. The Hall–Kier alpha value is -2.60. The Balaban J connectivity index is 1.62. The molecule has 0 aliphatic carbocycles. The highest BCUT2D eigenvalue weighted by Crippen LogP contribution is 2.23. The molecule has 0 aliphatic rings. The van der Waals surface area contributed by atoms with Gasteiger partial charge in [-0.15, -0.1) is 0 Å². The predicted octanol–water partition coefficient (Wildman–Crippen LogP) is 3.45. The molecule has 120 valence electrons. The summed E-state index contributed by atoms with van der Waals surface area (Å²) in [6, 6.07) is 11.5. The average Bonchev–Trinajstić information content (AvgIpc) is 3.19. The van der Waals surface area contributed by atoms with Crippen molar-refractivity contribution in [2.24, 2.45) is 0 Å². The van der Waals surface area contributed by atoms with Crippen molar-refractivity contribution in [3.05, 3.63) is 53.6 Å². The first-order valence-corrected chi connectivity index (χ1v) is 7.52. The van der Waals surface area contributed by atoms with E-state index in [1.165, 1.54) is 0 Å². The summed E-state index contributed by atoms with van der Waals surface area (Å²) in [7, 11) is 0. The lowest BCUT2D eigenvalue weighted by Gasteiger charge is -2.08. The van der Waals surface area contributed by atoms with E-state index in [0.717, 1.165) is 16.7 Å². The van der Waals surface area contributed by atoms with Gasteiger partial charge < -0.3 is 19.0 Å². The van der Waals surface area contributed by atoms with Gasteiger partial charge in [0.1, 0.15) is 11.3 Å². The fourth-order valence-electron chi connectivity index (χ4n) is 2.27. The molecule has 3 rings (SSSR count). The summed E-state index contributed by atoms with van der Waals surface area (Å²) in [5, 5.41) is 8.06. The van der Waals surface area contributed by atoms with Crippen LogP contribution in [0.1, 0.15) is 41.9 Å². The predicted molar refractivity (Wildman–Crippen MR) is 83.9 cm³/mol. The normalized spacial score (nSPS) is 12.4. The number of hydrogen-bond donors (Lipinski definition) is 1. The van der Waals surface area contributed by atoms with Gasteiger partial charge in [-0.25, -0.2) is 4.79 Å². The minimum atomic E-state index is -0.479. The number of fused-ring (bicyclic) bond motifs is 1. The number of carbonyl (C=O) groups excluding carboxylic acids is 1. The van der Waals surface area contributed by atoms with Gasteiger partial charge in [0, 0.05) is 11.5 Å². The first-order chi connectivity index (χ1) is 11.2. The van der Waals surface area contributed by atoms with Gasteiger partial charge in [-0.3, -0.25) is 0 Å². The van der Waals surface area contributed by atoms with Gasteiger partial charge in [0.15, 0.2) is 11.5 Å². The molecule has 0 saturated carbocycles. The summed E-state index contributed by atoms with van der Waals surface area (Å²) < 4.78 is 15.8. The number of ether oxygens (including phenoxy) is 1. The summed E-state index contributed by atoms with van der Waals surface area (Å²) in [6.07, 6.45) is 0. The molecule has 0 spiro atoms. The van der Waals surface area contributed by atoms with Crippen LogP contribution in [0.15, 0.2) is 45.3 Å². The summed E-state index contributed by atoms with van der Waals surface area (Å²) in [5.74, 6) is 0.931.